The van der Waals surface area contributed by atoms with Gasteiger partial charge in [0.05, 0.1) is 5.75 Å². The van der Waals surface area contributed by atoms with E-state index < -0.39 is 15.7 Å². The standard InChI is InChI=1S/C18H18N4O4S/c1-8-14-12-3-9(7-27(2,25)26)11(17(19)23)4-13(12)20-5-10-6-21-16(15(10)14)18(24)22-8/h3-4,6,20-21H,5,7H2,1-2H3,(H2,19,23)(H,22,24). The third kappa shape index (κ3) is 2.80. The Morgan fingerprint density at radius 3 is 2.70 bits per heavy atom. The molecule has 0 spiro atoms. The van der Waals surface area contributed by atoms with Gasteiger partial charge in [0.1, 0.15) is 5.52 Å². The first-order valence-electron chi connectivity index (χ1n) is 8.27. The molecule has 0 fully saturated rings. The second-order valence-electron chi connectivity index (χ2n) is 6.86. The molecule has 9 heteroatoms. The summed E-state index contributed by atoms with van der Waals surface area (Å²) < 4.78 is 23.7. The van der Waals surface area contributed by atoms with Gasteiger partial charge in [0.25, 0.3) is 5.56 Å². The Morgan fingerprint density at radius 1 is 1.30 bits per heavy atom. The Balaban J connectivity index is 2.10. The number of aromatic nitrogens is 2. The van der Waals surface area contributed by atoms with Crippen LogP contribution < -0.4 is 16.6 Å². The van der Waals surface area contributed by atoms with Crippen molar-refractivity contribution in [3.05, 3.63) is 51.1 Å². The molecule has 0 bridgehead atoms. The maximum atomic E-state index is 12.3. The molecular weight excluding hydrogens is 368 g/mol. The quantitative estimate of drug-likeness (QED) is 0.539. The molecule has 0 unspecified atom stereocenters. The number of amides is 1. The van der Waals surface area contributed by atoms with E-state index in [1.54, 1.807) is 25.3 Å². The molecule has 0 aliphatic carbocycles. The fraction of sp³-hybridized carbons (Fsp3) is 0.222. The van der Waals surface area contributed by atoms with Gasteiger partial charge in [0, 0.05) is 52.5 Å². The molecule has 3 heterocycles. The third-order valence-corrected chi connectivity index (χ3v) is 5.62. The SMILES string of the molecule is Cc1[nH]c(=O)c2[nH]cc3c2c1-c1cc(CS(C)(=O)=O)c(C(N)=O)cc1NC3. The van der Waals surface area contributed by atoms with Gasteiger partial charge in [-0.3, -0.25) is 9.59 Å². The van der Waals surface area contributed by atoms with Gasteiger partial charge in [-0.15, -0.1) is 0 Å². The lowest BCUT2D eigenvalue weighted by molar-refractivity contribution is 0.0999. The fourth-order valence-corrected chi connectivity index (χ4v) is 4.51. The molecule has 3 aromatic rings. The number of nitrogens with one attached hydrogen (secondary N) is 3. The Morgan fingerprint density at radius 2 is 2.04 bits per heavy atom. The van der Waals surface area contributed by atoms with Crippen LogP contribution in [0.4, 0.5) is 5.69 Å². The van der Waals surface area contributed by atoms with Crippen LogP contribution in [-0.4, -0.2) is 30.5 Å². The first-order valence-corrected chi connectivity index (χ1v) is 10.3. The van der Waals surface area contributed by atoms with Crippen LogP contribution in [0.25, 0.3) is 22.0 Å². The van der Waals surface area contributed by atoms with Crippen molar-refractivity contribution in [1.29, 1.82) is 0 Å². The van der Waals surface area contributed by atoms with Crippen molar-refractivity contribution >= 4 is 32.3 Å². The average Bonchev–Trinajstić information content (AvgIpc) is 2.89. The summed E-state index contributed by atoms with van der Waals surface area (Å²) in [6, 6.07) is 3.26. The zero-order valence-corrected chi connectivity index (χ0v) is 15.6. The van der Waals surface area contributed by atoms with Gasteiger partial charge in [0.2, 0.25) is 5.91 Å². The summed E-state index contributed by atoms with van der Waals surface area (Å²) in [6.45, 7) is 2.24. The van der Waals surface area contributed by atoms with Crippen LogP contribution >= 0.6 is 0 Å². The van der Waals surface area contributed by atoms with Gasteiger partial charge in [-0.2, -0.15) is 0 Å². The zero-order chi connectivity index (χ0) is 19.5. The first kappa shape index (κ1) is 17.3. The predicted octanol–water partition coefficient (Wildman–Crippen LogP) is 1.40. The number of aromatic amines is 2. The van der Waals surface area contributed by atoms with E-state index in [2.05, 4.69) is 15.3 Å². The summed E-state index contributed by atoms with van der Waals surface area (Å²) >= 11 is 0. The number of benzene rings is 1. The van der Waals surface area contributed by atoms with Crippen molar-refractivity contribution in [3.8, 4) is 11.1 Å². The van der Waals surface area contributed by atoms with Crippen LogP contribution in [0, 0.1) is 6.92 Å². The molecule has 27 heavy (non-hydrogen) atoms. The molecule has 4 rings (SSSR count). The second-order valence-corrected chi connectivity index (χ2v) is 9.00. The van der Waals surface area contributed by atoms with E-state index in [1.807, 2.05) is 0 Å². The Hall–Kier alpha value is -3.07. The molecule has 0 radical (unpaired) electrons. The molecule has 1 aromatic carbocycles. The molecular formula is C18H18N4O4S. The lowest BCUT2D eigenvalue weighted by Gasteiger charge is -2.16. The molecule has 1 aliphatic rings. The highest BCUT2D eigenvalue weighted by molar-refractivity contribution is 7.89. The molecule has 2 aromatic heterocycles. The van der Waals surface area contributed by atoms with E-state index in [0.29, 0.717) is 29.0 Å². The van der Waals surface area contributed by atoms with Gasteiger partial charge < -0.3 is 21.0 Å². The molecule has 1 amide bonds. The monoisotopic (exact) mass is 386 g/mol. The maximum absolute atomic E-state index is 12.3. The van der Waals surface area contributed by atoms with Crippen LogP contribution in [0.1, 0.15) is 27.2 Å². The van der Waals surface area contributed by atoms with Crippen molar-refractivity contribution in [2.75, 3.05) is 11.6 Å². The van der Waals surface area contributed by atoms with E-state index in [4.69, 9.17) is 5.73 Å². The summed E-state index contributed by atoms with van der Waals surface area (Å²) in [5.41, 5.74) is 9.98. The van der Waals surface area contributed by atoms with Crippen molar-refractivity contribution in [3.63, 3.8) is 0 Å². The van der Waals surface area contributed by atoms with Gasteiger partial charge in [-0.1, -0.05) is 0 Å². The lowest BCUT2D eigenvalue weighted by Crippen LogP contribution is -2.16. The van der Waals surface area contributed by atoms with Crippen LogP contribution in [0.5, 0.6) is 0 Å². The number of sulfone groups is 1. The predicted molar refractivity (Wildman–Crippen MR) is 103 cm³/mol. The van der Waals surface area contributed by atoms with E-state index in [9.17, 15) is 18.0 Å². The van der Waals surface area contributed by atoms with Crippen molar-refractivity contribution in [1.82, 2.24) is 9.97 Å². The molecule has 0 saturated heterocycles. The number of hydrogen-bond acceptors (Lipinski definition) is 5. The van der Waals surface area contributed by atoms with Crippen LogP contribution in [0.15, 0.2) is 23.1 Å². The Kier molecular flexibility index (Phi) is 3.67. The molecule has 0 saturated carbocycles. The number of carbonyl (C=O) groups is 1. The average molecular weight is 386 g/mol. The molecule has 0 atom stereocenters. The highest BCUT2D eigenvalue weighted by Gasteiger charge is 2.24. The van der Waals surface area contributed by atoms with Gasteiger partial charge in [-0.05, 0) is 30.2 Å². The third-order valence-electron chi connectivity index (χ3n) is 4.78. The number of nitrogens with two attached hydrogens (primary N) is 1. The van der Waals surface area contributed by atoms with Crippen molar-refractivity contribution in [2.24, 2.45) is 5.73 Å². The smallest absolute Gasteiger partial charge is 0.272 e. The minimum atomic E-state index is -3.38. The summed E-state index contributed by atoms with van der Waals surface area (Å²) in [6.07, 6.45) is 2.88. The van der Waals surface area contributed by atoms with E-state index >= 15 is 0 Å². The Labute approximate surface area is 154 Å². The summed E-state index contributed by atoms with van der Waals surface area (Å²) in [5.74, 6) is -0.990. The van der Waals surface area contributed by atoms with E-state index in [1.165, 1.54) is 0 Å². The molecule has 8 nitrogen and oxygen atoms in total. The van der Waals surface area contributed by atoms with Gasteiger partial charge >= 0.3 is 0 Å². The molecule has 5 N–H and O–H groups in total. The Bertz CT molecular complexity index is 1280. The van der Waals surface area contributed by atoms with Crippen molar-refractivity contribution in [2.45, 2.75) is 19.2 Å². The highest BCUT2D eigenvalue weighted by Crippen LogP contribution is 2.40. The lowest BCUT2D eigenvalue weighted by atomic mass is 9.94. The molecule has 1 aliphatic heterocycles. The number of rotatable bonds is 3. The summed E-state index contributed by atoms with van der Waals surface area (Å²) in [4.78, 5) is 30.0. The number of aryl methyl sites for hydroxylation is 1. The van der Waals surface area contributed by atoms with Gasteiger partial charge in [-0.25, -0.2) is 8.42 Å². The normalized spacial score (nSPS) is 13.1. The number of fused-ring (bicyclic) bond motifs is 2. The van der Waals surface area contributed by atoms with E-state index in [0.717, 1.165) is 28.3 Å². The second kappa shape index (κ2) is 5.71. The number of hydrogen-bond donors (Lipinski definition) is 4. The number of anilines is 1. The summed E-state index contributed by atoms with van der Waals surface area (Å²) in [7, 11) is -3.38. The summed E-state index contributed by atoms with van der Waals surface area (Å²) in [5, 5.41) is 4.05. The number of pyridine rings is 1. The van der Waals surface area contributed by atoms with Crippen LogP contribution in [0.2, 0.25) is 0 Å². The molecule has 140 valence electrons. The minimum absolute atomic E-state index is 0.165. The number of carbonyl (C=O) groups excluding carboxylic acids is 1. The van der Waals surface area contributed by atoms with Crippen molar-refractivity contribution < 1.29 is 13.2 Å². The zero-order valence-electron chi connectivity index (χ0n) is 14.8. The number of primary amides is 1. The van der Waals surface area contributed by atoms with Crippen LogP contribution in [0.3, 0.4) is 0 Å². The largest absolute Gasteiger partial charge is 0.380 e. The maximum Gasteiger partial charge on any atom is 0.272 e. The first-order chi connectivity index (χ1) is 12.7. The highest BCUT2D eigenvalue weighted by atomic mass is 32.2. The van der Waals surface area contributed by atoms with Crippen LogP contribution in [-0.2, 0) is 22.1 Å². The minimum Gasteiger partial charge on any atom is -0.380 e. The fourth-order valence-electron chi connectivity index (χ4n) is 3.71. The topological polar surface area (TPSA) is 138 Å². The van der Waals surface area contributed by atoms with E-state index in [-0.39, 0.29) is 16.9 Å². The number of H-pyrrole nitrogens is 2. The van der Waals surface area contributed by atoms with Gasteiger partial charge in [0.15, 0.2) is 9.84 Å².